The Kier molecular flexibility index (Phi) is 7.95. The van der Waals surface area contributed by atoms with E-state index in [2.05, 4.69) is 20.4 Å². The number of nitrogens with one attached hydrogen (secondary N) is 1. The quantitative estimate of drug-likeness (QED) is 0.461. The third-order valence-corrected chi connectivity index (χ3v) is 7.02. The smallest absolute Gasteiger partial charge is 0.233 e. The number of halogens is 2. The van der Waals surface area contributed by atoms with Gasteiger partial charge in [-0.15, -0.1) is 10.2 Å². The van der Waals surface area contributed by atoms with Gasteiger partial charge in [0.15, 0.2) is 11.0 Å². The summed E-state index contributed by atoms with van der Waals surface area (Å²) in [6, 6.07) is 12.0. The van der Waals surface area contributed by atoms with Crippen LogP contribution in [0.3, 0.4) is 0 Å². The van der Waals surface area contributed by atoms with Gasteiger partial charge in [0.05, 0.1) is 17.8 Å². The molecule has 0 aliphatic carbocycles. The molecule has 1 amide bonds. The Balaban J connectivity index is 1.51. The Labute approximate surface area is 202 Å². The lowest BCUT2D eigenvalue weighted by Gasteiger charge is -2.26. The van der Waals surface area contributed by atoms with Crippen molar-refractivity contribution in [3.8, 4) is 5.69 Å². The summed E-state index contributed by atoms with van der Waals surface area (Å²) in [7, 11) is 0. The van der Waals surface area contributed by atoms with E-state index in [-0.39, 0.29) is 23.6 Å². The summed E-state index contributed by atoms with van der Waals surface area (Å²) in [4.78, 5) is 15.2. The standard InChI is InChI=1S/C25H29F2N5OS/c1-17(19-6-8-20(26)9-7-19)28-24(33)18(2)34-25-30-29-23(16-31-14-4-3-5-15-31)32(25)22-12-10-21(27)11-13-22/h6-13,17-18H,3-5,14-16H2,1-2H3,(H,28,33). The normalized spacial score (nSPS) is 16.2. The third kappa shape index (κ3) is 6.01. The van der Waals surface area contributed by atoms with Crippen LogP contribution in [0.1, 0.15) is 50.5 Å². The van der Waals surface area contributed by atoms with Crippen molar-refractivity contribution >= 4 is 17.7 Å². The van der Waals surface area contributed by atoms with Crippen LogP contribution in [-0.2, 0) is 11.3 Å². The lowest BCUT2D eigenvalue weighted by Crippen LogP contribution is -2.33. The van der Waals surface area contributed by atoms with Crippen molar-refractivity contribution in [1.29, 1.82) is 0 Å². The number of aromatic nitrogens is 3. The van der Waals surface area contributed by atoms with Gasteiger partial charge >= 0.3 is 0 Å². The lowest BCUT2D eigenvalue weighted by molar-refractivity contribution is -0.120. The first-order chi connectivity index (χ1) is 16.4. The predicted octanol–water partition coefficient (Wildman–Crippen LogP) is 4.89. The van der Waals surface area contributed by atoms with Gasteiger partial charge in [-0.1, -0.05) is 30.3 Å². The molecule has 4 rings (SSSR count). The van der Waals surface area contributed by atoms with Gasteiger partial charge in [-0.25, -0.2) is 8.78 Å². The van der Waals surface area contributed by atoms with Crippen molar-refractivity contribution in [2.45, 2.75) is 56.1 Å². The fourth-order valence-electron chi connectivity index (χ4n) is 4.02. The zero-order chi connectivity index (χ0) is 24.1. The lowest BCUT2D eigenvalue weighted by atomic mass is 10.1. The Morgan fingerprint density at radius 3 is 2.24 bits per heavy atom. The third-order valence-electron chi connectivity index (χ3n) is 5.98. The number of rotatable bonds is 8. The first-order valence-corrected chi connectivity index (χ1v) is 12.4. The molecular formula is C25H29F2N5OS. The molecular weight excluding hydrogens is 456 g/mol. The van der Waals surface area contributed by atoms with Crippen molar-refractivity contribution in [3.05, 3.63) is 71.6 Å². The molecule has 0 bridgehead atoms. The van der Waals surface area contributed by atoms with Gasteiger partial charge in [-0.3, -0.25) is 14.3 Å². The van der Waals surface area contributed by atoms with Crippen LogP contribution in [0, 0.1) is 11.6 Å². The van der Waals surface area contributed by atoms with Gasteiger partial charge in [-0.2, -0.15) is 0 Å². The number of piperidine rings is 1. The zero-order valence-electron chi connectivity index (χ0n) is 19.4. The number of nitrogens with zero attached hydrogens (tertiary/aromatic N) is 4. The van der Waals surface area contributed by atoms with E-state index >= 15 is 0 Å². The number of carbonyl (C=O) groups excluding carboxylic acids is 1. The molecule has 180 valence electrons. The highest BCUT2D eigenvalue weighted by molar-refractivity contribution is 8.00. The molecule has 34 heavy (non-hydrogen) atoms. The van der Waals surface area contributed by atoms with Gasteiger partial charge in [0.2, 0.25) is 5.91 Å². The molecule has 1 N–H and O–H groups in total. The van der Waals surface area contributed by atoms with E-state index < -0.39 is 5.25 Å². The first-order valence-electron chi connectivity index (χ1n) is 11.6. The second-order valence-corrected chi connectivity index (χ2v) is 9.90. The molecule has 0 spiro atoms. The van der Waals surface area contributed by atoms with E-state index in [1.165, 1.54) is 42.4 Å². The summed E-state index contributed by atoms with van der Waals surface area (Å²) in [5.74, 6) is -0.0193. The zero-order valence-corrected chi connectivity index (χ0v) is 20.2. The van der Waals surface area contributed by atoms with Crippen LogP contribution in [0.15, 0.2) is 53.7 Å². The maximum Gasteiger partial charge on any atom is 0.233 e. The highest BCUT2D eigenvalue weighted by Crippen LogP contribution is 2.27. The first kappa shape index (κ1) is 24.3. The van der Waals surface area contributed by atoms with Crippen LogP contribution in [0.4, 0.5) is 8.78 Å². The Morgan fingerprint density at radius 1 is 0.971 bits per heavy atom. The van der Waals surface area contributed by atoms with Crippen LogP contribution >= 0.6 is 11.8 Å². The highest BCUT2D eigenvalue weighted by Gasteiger charge is 2.24. The second kappa shape index (κ2) is 11.1. The minimum atomic E-state index is -0.450. The summed E-state index contributed by atoms with van der Waals surface area (Å²) in [6.45, 7) is 6.34. The van der Waals surface area contributed by atoms with E-state index in [1.807, 2.05) is 18.4 Å². The van der Waals surface area contributed by atoms with Crippen molar-refractivity contribution < 1.29 is 13.6 Å². The molecule has 2 aromatic carbocycles. The van der Waals surface area contributed by atoms with E-state index in [0.29, 0.717) is 11.7 Å². The van der Waals surface area contributed by atoms with E-state index in [0.717, 1.165) is 43.0 Å². The molecule has 0 saturated carbocycles. The molecule has 6 nitrogen and oxygen atoms in total. The summed E-state index contributed by atoms with van der Waals surface area (Å²) in [6.07, 6.45) is 3.57. The van der Waals surface area contributed by atoms with Crippen molar-refractivity contribution in [3.63, 3.8) is 0 Å². The molecule has 1 aromatic heterocycles. The number of thioether (sulfide) groups is 1. The summed E-state index contributed by atoms with van der Waals surface area (Å²) in [5, 5.41) is 11.9. The van der Waals surface area contributed by atoms with E-state index in [4.69, 9.17) is 0 Å². The molecule has 2 heterocycles. The number of carbonyl (C=O) groups is 1. The molecule has 0 radical (unpaired) electrons. The van der Waals surface area contributed by atoms with E-state index in [1.54, 1.807) is 24.3 Å². The fourth-order valence-corrected chi connectivity index (χ4v) is 4.92. The van der Waals surface area contributed by atoms with E-state index in [9.17, 15) is 13.6 Å². The van der Waals surface area contributed by atoms with Crippen LogP contribution in [0.2, 0.25) is 0 Å². The van der Waals surface area contributed by atoms with Crippen molar-refractivity contribution in [2.75, 3.05) is 13.1 Å². The molecule has 9 heteroatoms. The van der Waals surface area contributed by atoms with Gasteiger partial charge in [0.1, 0.15) is 11.6 Å². The van der Waals surface area contributed by atoms with Crippen molar-refractivity contribution in [2.24, 2.45) is 0 Å². The second-order valence-electron chi connectivity index (χ2n) is 8.59. The Morgan fingerprint density at radius 2 is 1.59 bits per heavy atom. The van der Waals surface area contributed by atoms with Crippen molar-refractivity contribution in [1.82, 2.24) is 25.0 Å². The van der Waals surface area contributed by atoms with Crippen LogP contribution in [0.5, 0.6) is 0 Å². The molecule has 1 aliphatic heterocycles. The van der Waals surface area contributed by atoms with Gasteiger partial charge in [0, 0.05) is 5.69 Å². The highest BCUT2D eigenvalue weighted by atomic mass is 32.2. The SMILES string of the molecule is CC(Sc1nnc(CN2CCCCC2)n1-c1ccc(F)cc1)C(=O)NC(C)c1ccc(F)cc1. The molecule has 1 aliphatic rings. The average molecular weight is 486 g/mol. The number of likely N-dealkylation sites (tertiary alicyclic amines) is 1. The maximum atomic E-state index is 13.6. The minimum absolute atomic E-state index is 0.159. The summed E-state index contributed by atoms with van der Waals surface area (Å²) < 4.78 is 28.7. The van der Waals surface area contributed by atoms with Crippen LogP contribution in [-0.4, -0.2) is 43.9 Å². The minimum Gasteiger partial charge on any atom is -0.349 e. The van der Waals surface area contributed by atoms with Crippen LogP contribution in [0.25, 0.3) is 5.69 Å². The Hall–Kier alpha value is -2.78. The Bertz CT molecular complexity index is 1100. The summed E-state index contributed by atoms with van der Waals surface area (Å²) >= 11 is 1.30. The monoisotopic (exact) mass is 485 g/mol. The number of amides is 1. The fraction of sp³-hybridized carbons (Fsp3) is 0.400. The molecule has 3 aromatic rings. The molecule has 2 unspecified atom stereocenters. The predicted molar refractivity (Wildman–Crippen MR) is 129 cm³/mol. The van der Waals surface area contributed by atoms with Crippen LogP contribution < -0.4 is 5.32 Å². The molecule has 1 fully saturated rings. The topological polar surface area (TPSA) is 63.1 Å². The van der Waals surface area contributed by atoms with Gasteiger partial charge in [0.25, 0.3) is 0 Å². The van der Waals surface area contributed by atoms with Gasteiger partial charge < -0.3 is 5.32 Å². The molecule has 2 atom stereocenters. The van der Waals surface area contributed by atoms with Gasteiger partial charge in [-0.05, 0) is 81.7 Å². The molecule has 1 saturated heterocycles. The average Bonchev–Trinajstić information content (AvgIpc) is 3.22. The number of benzene rings is 2. The largest absolute Gasteiger partial charge is 0.349 e. The maximum absolute atomic E-state index is 13.6. The summed E-state index contributed by atoms with van der Waals surface area (Å²) in [5.41, 5.74) is 1.58. The number of hydrogen-bond donors (Lipinski definition) is 1. The number of hydrogen-bond acceptors (Lipinski definition) is 5.